The lowest BCUT2D eigenvalue weighted by Gasteiger charge is -2.06. The molecule has 9 nitrogen and oxygen atoms in total. The first-order valence-corrected chi connectivity index (χ1v) is 8.01. The Balaban J connectivity index is 2.16. The van der Waals surface area contributed by atoms with Crippen molar-refractivity contribution in [2.75, 3.05) is 17.6 Å². The van der Waals surface area contributed by atoms with Crippen LogP contribution < -0.4 is 21.5 Å². The molecule has 0 aliphatic carbocycles. The van der Waals surface area contributed by atoms with Crippen molar-refractivity contribution in [1.82, 2.24) is 4.98 Å². The number of nitrogens with two attached hydrogens (primary N) is 2. The molecule has 0 aliphatic rings. The minimum Gasteiger partial charge on any atom is -0.424 e. The molecule has 26 heavy (non-hydrogen) atoms. The van der Waals surface area contributed by atoms with E-state index in [0.29, 0.717) is 22.9 Å². The van der Waals surface area contributed by atoms with Crippen molar-refractivity contribution in [2.24, 2.45) is 16.0 Å². The summed E-state index contributed by atoms with van der Waals surface area (Å²) < 4.78 is 5.20. The van der Waals surface area contributed by atoms with E-state index in [1.54, 1.807) is 43.3 Å². The second kappa shape index (κ2) is 9.23. The molecule has 1 heterocycles. The fourth-order valence-electron chi connectivity index (χ4n) is 1.89. The number of nitrogen functional groups attached to an aromatic ring is 1. The van der Waals surface area contributed by atoms with E-state index in [0.717, 1.165) is 0 Å². The lowest BCUT2D eigenvalue weighted by Crippen LogP contribution is -2.17. The second-order valence-corrected chi connectivity index (χ2v) is 5.18. The number of hydrogen-bond acceptors (Lipinski definition) is 8. The van der Waals surface area contributed by atoms with Gasteiger partial charge >= 0.3 is 5.97 Å². The number of carbonyl (C=O) groups excluding carboxylic acids is 2. The molecule has 1 amide bonds. The molecule has 0 fully saturated rings. The predicted molar refractivity (Wildman–Crippen MR) is 97.5 cm³/mol. The molecule has 1 aromatic carbocycles. The van der Waals surface area contributed by atoms with Crippen molar-refractivity contribution < 1.29 is 14.3 Å². The van der Waals surface area contributed by atoms with Crippen molar-refractivity contribution in [1.29, 1.82) is 0 Å². The van der Waals surface area contributed by atoms with Crippen LogP contribution in [0.25, 0.3) is 0 Å². The summed E-state index contributed by atoms with van der Waals surface area (Å²) in [5.41, 5.74) is 11.9. The number of rotatable bonds is 7. The first kappa shape index (κ1) is 19.0. The van der Waals surface area contributed by atoms with E-state index in [-0.39, 0.29) is 37.1 Å². The summed E-state index contributed by atoms with van der Waals surface area (Å²) in [4.78, 5) is 27.0. The molecule has 2 aromatic rings. The Hall–Kier alpha value is -3.33. The molecule has 136 valence electrons. The van der Waals surface area contributed by atoms with Gasteiger partial charge in [0.2, 0.25) is 5.91 Å². The van der Waals surface area contributed by atoms with Crippen LogP contribution in [0.15, 0.2) is 46.6 Å². The summed E-state index contributed by atoms with van der Waals surface area (Å²) >= 11 is 0. The average molecular weight is 356 g/mol. The number of para-hydroxylation sites is 1. The van der Waals surface area contributed by atoms with Gasteiger partial charge < -0.3 is 21.5 Å². The summed E-state index contributed by atoms with van der Waals surface area (Å²) in [5, 5.41) is 10.7. The topological polar surface area (TPSA) is 145 Å². The van der Waals surface area contributed by atoms with E-state index in [9.17, 15) is 9.59 Å². The third kappa shape index (κ3) is 5.35. The molecule has 0 spiro atoms. The molecule has 0 saturated heterocycles. The number of esters is 1. The van der Waals surface area contributed by atoms with Crippen LogP contribution >= 0.6 is 0 Å². The van der Waals surface area contributed by atoms with Crippen molar-refractivity contribution in [2.45, 2.75) is 19.8 Å². The van der Waals surface area contributed by atoms with Gasteiger partial charge in [-0.15, -0.1) is 10.2 Å². The SMILES string of the molecule is CCC(=O)Oc1ccccc1/N=N/c1ccc(NC(=O)CCN)nc1N. The minimum atomic E-state index is -0.369. The minimum absolute atomic E-state index is 0.0994. The van der Waals surface area contributed by atoms with E-state index in [4.69, 9.17) is 16.2 Å². The van der Waals surface area contributed by atoms with Crippen LogP contribution in [-0.4, -0.2) is 23.4 Å². The number of nitrogens with one attached hydrogen (secondary N) is 1. The molecule has 0 radical (unpaired) electrons. The fraction of sp³-hybridized carbons (Fsp3) is 0.235. The van der Waals surface area contributed by atoms with Gasteiger partial charge in [0.25, 0.3) is 0 Å². The Morgan fingerprint density at radius 3 is 2.58 bits per heavy atom. The Kier molecular flexibility index (Phi) is 6.75. The van der Waals surface area contributed by atoms with Crippen LogP contribution in [0.1, 0.15) is 19.8 Å². The number of benzene rings is 1. The number of nitrogens with zero attached hydrogens (tertiary/aromatic N) is 3. The summed E-state index contributed by atoms with van der Waals surface area (Å²) in [5.74, 6) is 0.0895. The molecule has 0 aliphatic heterocycles. The third-order valence-electron chi connectivity index (χ3n) is 3.18. The Morgan fingerprint density at radius 2 is 1.88 bits per heavy atom. The number of hydrogen-bond donors (Lipinski definition) is 3. The zero-order valence-electron chi connectivity index (χ0n) is 14.3. The van der Waals surface area contributed by atoms with E-state index in [1.807, 2.05) is 0 Å². The van der Waals surface area contributed by atoms with Gasteiger partial charge in [-0.1, -0.05) is 19.1 Å². The van der Waals surface area contributed by atoms with E-state index in [2.05, 4.69) is 20.5 Å². The maximum Gasteiger partial charge on any atom is 0.310 e. The Labute approximate surface area is 150 Å². The molecular formula is C17H20N6O3. The zero-order valence-corrected chi connectivity index (χ0v) is 14.3. The average Bonchev–Trinajstić information content (AvgIpc) is 2.62. The van der Waals surface area contributed by atoms with Gasteiger partial charge in [0.05, 0.1) is 0 Å². The molecule has 0 atom stereocenters. The van der Waals surface area contributed by atoms with Crippen LogP contribution in [0, 0.1) is 0 Å². The predicted octanol–water partition coefficient (Wildman–Crippen LogP) is 2.68. The monoisotopic (exact) mass is 356 g/mol. The molecule has 0 unspecified atom stereocenters. The van der Waals surface area contributed by atoms with Gasteiger partial charge in [-0.3, -0.25) is 9.59 Å². The van der Waals surface area contributed by atoms with Gasteiger partial charge in [0, 0.05) is 19.4 Å². The van der Waals surface area contributed by atoms with Gasteiger partial charge in [-0.2, -0.15) is 0 Å². The number of anilines is 2. The molecule has 9 heteroatoms. The number of carbonyl (C=O) groups is 2. The molecule has 2 rings (SSSR count). The quantitative estimate of drug-likeness (QED) is 0.395. The smallest absolute Gasteiger partial charge is 0.310 e. The maximum absolute atomic E-state index is 11.5. The fourth-order valence-corrected chi connectivity index (χ4v) is 1.89. The highest BCUT2D eigenvalue weighted by Crippen LogP contribution is 2.30. The van der Waals surface area contributed by atoms with Gasteiger partial charge in [0.15, 0.2) is 11.6 Å². The maximum atomic E-state index is 11.5. The van der Waals surface area contributed by atoms with Crippen LogP contribution in [-0.2, 0) is 9.59 Å². The molecular weight excluding hydrogens is 336 g/mol. The molecule has 1 aromatic heterocycles. The van der Waals surface area contributed by atoms with Crippen LogP contribution in [0.2, 0.25) is 0 Å². The van der Waals surface area contributed by atoms with Gasteiger partial charge in [-0.05, 0) is 24.3 Å². The van der Waals surface area contributed by atoms with Crippen LogP contribution in [0.3, 0.4) is 0 Å². The third-order valence-corrected chi connectivity index (χ3v) is 3.18. The van der Waals surface area contributed by atoms with E-state index in [1.165, 1.54) is 0 Å². The number of azo groups is 1. The number of aromatic nitrogens is 1. The van der Waals surface area contributed by atoms with Crippen LogP contribution in [0.5, 0.6) is 5.75 Å². The van der Waals surface area contributed by atoms with E-state index < -0.39 is 0 Å². The van der Waals surface area contributed by atoms with Crippen molar-refractivity contribution in [3.8, 4) is 5.75 Å². The van der Waals surface area contributed by atoms with Gasteiger partial charge in [-0.25, -0.2) is 4.98 Å². The summed E-state index contributed by atoms with van der Waals surface area (Å²) in [6.07, 6.45) is 0.440. The van der Waals surface area contributed by atoms with Crippen LogP contribution in [0.4, 0.5) is 23.0 Å². The standard InChI is InChI=1S/C17H20N6O3/c1-2-16(25)26-13-6-4-3-5-11(13)22-23-12-7-8-14(21-17(12)19)20-15(24)9-10-18/h3-8H,2,9-10,18H2,1H3,(H3,19,20,21,24)/b23-22+. The Morgan fingerprint density at radius 1 is 1.15 bits per heavy atom. The summed E-state index contributed by atoms with van der Waals surface area (Å²) in [6, 6.07) is 9.89. The number of amides is 1. The zero-order chi connectivity index (χ0) is 18.9. The highest BCUT2D eigenvalue weighted by Gasteiger charge is 2.08. The lowest BCUT2D eigenvalue weighted by atomic mass is 10.3. The first-order valence-electron chi connectivity index (χ1n) is 8.01. The summed E-state index contributed by atoms with van der Waals surface area (Å²) in [6.45, 7) is 1.95. The van der Waals surface area contributed by atoms with Crippen molar-refractivity contribution in [3.63, 3.8) is 0 Å². The molecule has 5 N–H and O–H groups in total. The van der Waals surface area contributed by atoms with E-state index >= 15 is 0 Å². The van der Waals surface area contributed by atoms with Crippen molar-refractivity contribution >= 4 is 34.9 Å². The molecule has 0 saturated carbocycles. The first-order chi connectivity index (χ1) is 12.5. The largest absolute Gasteiger partial charge is 0.424 e. The van der Waals surface area contributed by atoms with Crippen molar-refractivity contribution in [3.05, 3.63) is 36.4 Å². The Bertz CT molecular complexity index is 822. The van der Waals surface area contributed by atoms with Gasteiger partial charge in [0.1, 0.15) is 17.2 Å². The highest BCUT2D eigenvalue weighted by atomic mass is 16.5. The summed E-state index contributed by atoms with van der Waals surface area (Å²) in [7, 11) is 0. The number of pyridine rings is 1. The number of ether oxygens (including phenoxy) is 1. The molecule has 0 bridgehead atoms. The second-order valence-electron chi connectivity index (χ2n) is 5.18. The lowest BCUT2D eigenvalue weighted by molar-refractivity contribution is -0.134. The highest BCUT2D eigenvalue weighted by molar-refractivity contribution is 5.90. The normalized spacial score (nSPS) is 10.7.